The van der Waals surface area contributed by atoms with Gasteiger partial charge in [0.25, 0.3) is 0 Å². The highest BCUT2D eigenvalue weighted by molar-refractivity contribution is 7.92. The quantitative estimate of drug-likeness (QED) is 0.706. The first kappa shape index (κ1) is 19.0. The van der Waals surface area contributed by atoms with Crippen LogP contribution < -0.4 is 9.62 Å². The highest BCUT2D eigenvalue weighted by atomic mass is 32.2. The van der Waals surface area contributed by atoms with Gasteiger partial charge in [-0.25, -0.2) is 8.42 Å². The predicted molar refractivity (Wildman–Crippen MR) is 96.3 cm³/mol. The Morgan fingerprint density at radius 3 is 2.21 bits per heavy atom. The lowest BCUT2D eigenvalue weighted by molar-refractivity contribution is 0.144. The SMILES string of the molecule is COCCN1CCN(c2ccc(NS(=O)(=O)CCOC)cc2)CC1. The Kier molecular flexibility index (Phi) is 7.29. The van der Waals surface area contributed by atoms with E-state index in [4.69, 9.17) is 9.47 Å². The van der Waals surface area contributed by atoms with Crippen molar-refractivity contribution in [1.82, 2.24) is 4.90 Å². The Balaban J connectivity index is 1.86. The third-order valence-corrected chi connectivity index (χ3v) is 5.30. The zero-order chi connectivity index (χ0) is 17.4. The van der Waals surface area contributed by atoms with Gasteiger partial charge in [0, 0.05) is 58.3 Å². The van der Waals surface area contributed by atoms with Crippen molar-refractivity contribution in [3.8, 4) is 0 Å². The molecule has 1 aromatic rings. The molecule has 1 N–H and O–H groups in total. The Bertz CT molecular complexity index is 584. The number of nitrogens with one attached hydrogen (secondary N) is 1. The van der Waals surface area contributed by atoms with E-state index in [1.165, 1.54) is 7.11 Å². The van der Waals surface area contributed by atoms with Crippen LogP contribution in [0, 0.1) is 0 Å². The van der Waals surface area contributed by atoms with Crippen molar-refractivity contribution in [3.05, 3.63) is 24.3 Å². The van der Waals surface area contributed by atoms with E-state index >= 15 is 0 Å². The zero-order valence-electron chi connectivity index (χ0n) is 14.4. The number of anilines is 2. The summed E-state index contributed by atoms with van der Waals surface area (Å²) < 4.78 is 36.2. The molecule has 0 amide bonds. The van der Waals surface area contributed by atoms with Crippen LogP contribution in [0.5, 0.6) is 0 Å². The lowest BCUT2D eigenvalue weighted by Gasteiger charge is -2.36. The molecule has 1 heterocycles. The summed E-state index contributed by atoms with van der Waals surface area (Å²) in [5.41, 5.74) is 1.69. The second-order valence-corrected chi connectivity index (χ2v) is 7.62. The van der Waals surface area contributed by atoms with Gasteiger partial charge in [-0.2, -0.15) is 0 Å². The fourth-order valence-corrected chi connectivity index (χ4v) is 3.60. The molecule has 1 aromatic carbocycles. The van der Waals surface area contributed by atoms with Crippen LogP contribution in [0.4, 0.5) is 11.4 Å². The molecule has 0 spiro atoms. The Hall–Kier alpha value is -1.35. The maximum Gasteiger partial charge on any atom is 0.234 e. The molecule has 7 nitrogen and oxygen atoms in total. The molecule has 0 unspecified atom stereocenters. The molecule has 136 valence electrons. The third-order valence-electron chi connectivity index (χ3n) is 4.05. The molecule has 2 rings (SSSR count). The van der Waals surface area contributed by atoms with Crippen LogP contribution in [0.3, 0.4) is 0 Å². The number of hydrogen-bond donors (Lipinski definition) is 1. The minimum absolute atomic E-state index is 0.0469. The lowest BCUT2D eigenvalue weighted by atomic mass is 10.2. The maximum absolute atomic E-state index is 11.9. The number of methoxy groups -OCH3 is 2. The van der Waals surface area contributed by atoms with Crippen LogP contribution in [0.25, 0.3) is 0 Å². The zero-order valence-corrected chi connectivity index (χ0v) is 15.2. The second-order valence-electron chi connectivity index (χ2n) is 5.78. The third kappa shape index (κ3) is 5.94. The fourth-order valence-electron chi connectivity index (χ4n) is 2.61. The van der Waals surface area contributed by atoms with Crippen LogP contribution in [0.1, 0.15) is 0 Å². The molecule has 0 saturated carbocycles. The van der Waals surface area contributed by atoms with Gasteiger partial charge in [0.05, 0.1) is 19.0 Å². The van der Waals surface area contributed by atoms with Gasteiger partial charge in [-0.05, 0) is 24.3 Å². The van der Waals surface area contributed by atoms with Gasteiger partial charge >= 0.3 is 0 Å². The predicted octanol–water partition coefficient (Wildman–Crippen LogP) is 0.843. The van der Waals surface area contributed by atoms with Gasteiger partial charge in [0.2, 0.25) is 10.0 Å². The molecule has 0 bridgehead atoms. The maximum atomic E-state index is 11.9. The summed E-state index contributed by atoms with van der Waals surface area (Å²) >= 11 is 0. The highest BCUT2D eigenvalue weighted by Crippen LogP contribution is 2.20. The average Bonchev–Trinajstić information content (AvgIpc) is 2.59. The van der Waals surface area contributed by atoms with E-state index in [9.17, 15) is 8.42 Å². The summed E-state index contributed by atoms with van der Waals surface area (Å²) in [5, 5.41) is 0. The van der Waals surface area contributed by atoms with E-state index in [0.717, 1.165) is 45.0 Å². The summed E-state index contributed by atoms with van der Waals surface area (Å²) in [5.74, 6) is -0.0469. The summed E-state index contributed by atoms with van der Waals surface area (Å²) in [4.78, 5) is 4.70. The largest absolute Gasteiger partial charge is 0.384 e. The van der Waals surface area contributed by atoms with E-state index < -0.39 is 10.0 Å². The van der Waals surface area contributed by atoms with Gasteiger partial charge in [0.15, 0.2) is 0 Å². The highest BCUT2D eigenvalue weighted by Gasteiger charge is 2.17. The smallest absolute Gasteiger partial charge is 0.234 e. The van der Waals surface area contributed by atoms with Crippen molar-refractivity contribution in [3.63, 3.8) is 0 Å². The van der Waals surface area contributed by atoms with E-state index in [1.54, 1.807) is 19.2 Å². The number of sulfonamides is 1. The summed E-state index contributed by atoms with van der Waals surface area (Å²) in [7, 11) is -0.149. The van der Waals surface area contributed by atoms with Crippen molar-refractivity contribution < 1.29 is 17.9 Å². The number of benzene rings is 1. The van der Waals surface area contributed by atoms with Gasteiger partial charge in [-0.15, -0.1) is 0 Å². The van der Waals surface area contributed by atoms with E-state index in [0.29, 0.717) is 5.69 Å². The molecular formula is C16H27N3O4S. The molecule has 1 fully saturated rings. The van der Waals surface area contributed by atoms with Crippen LogP contribution in [0.15, 0.2) is 24.3 Å². The number of piperazine rings is 1. The van der Waals surface area contributed by atoms with Gasteiger partial charge in [0.1, 0.15) is 0 Å². The molecule has 24 heavy (non-hydrogen) atoms. The fraction of sp³-hybridized carbons (Fsp3) is 0.625. The Labute approximate surface area is 144 Å². The Morgan fingerprint density at radius 1 is 1.00 bits per heavy atom. The minimum atomic E-state index is -3.36. The topological polar surface area (TPSA) is 71.1 Å². The first-order chi connectivity index (χ1) is 11.5. The minimum Gasteiger partial charge on any atom is -0.384 e. The second kappa shape index (κ2) is 9.22. The number of nitrogens with zero attached hydrogens (tertiary/aromatic N) is 2. The lowest BCUT2D eigenvalue weighted by Crippen LogP contribution is -2.47. The standard InChI is InChI=1S/C16H27N3O4S/c1-22-12-11-18-7-9-19(10-8-18)16-5-3-15(4-6-16)17-24(20,21)14-13-23-2/h3-6,17H,7-14H2,1-2H3. The van der Waals surface area contributed by atoms with Gasteiger partial charge < -0.3 is 14.4 Å². The number of hydrogen-bond acceptors (Lipinski definition) is 6. The molecule has 0 aromatic heterocycles. The molecular weight excluding hydrogens is 330 g/mol. The van der Waals surface area contributed by atoms with Crippen molar-refractivity contribution in [1.29, 1.82) is 0 Å². The van der Waals surface area contributed by atoms with E-state index in [1.807, 2.05) is 12.1 Å². The van der Waals surface area contributed by atoms with Crippen LogP contribution in [-0.4, -0.2) is 79.2 Å². The first-order valence-corrected chi connectivity index (χ1v) is 9.75. The Morgan fingerprint density at radius 2 is 1.62 bits per heavy atom. The summed E-state index contributed by atoms with van der Waals surface area (Å²) in [6.07, 6.45) is 0. The van der Waals surface area contributed by atoms with Crippen molar-refractivity contribution >= 4 is 21.4 Å². The van der Waals surface area contributed by atoms with Crippen LogP contribution in [-0.2, 0) is 19.5 Å². The molecule has 0 radical (unpaired) electrons. The summed E-state index contributed by atoms with van der Waals surface area (Å²) in [6.45, 7) is 5.85. The number of ether oxygens (including phenoxy) is 2. The molecule has 1 aliphatic rings. The van der Waals surface area contributed by atoms with Crippen LogP contribution in [0.2, 0.25) is 0 Å². The number of rotatable bonds is 9. The molecule has 1 aliphatic heterocycles. The van der Waals surface area contributed by atoms with Crippen LogP contribution >= 0.6 is 0 Å². The normalized spacial score (nSPS) is 16.3. The summed E-state index contributed by atoms with van der Waals surface area (Å²) in [6, 6.07) is 7.52. The van der Waals surface area contributed by atoms with Crippen molar-refractivity contribution in [2.24, 2.45) is 0 Å². The molecule has 0 aliphatic carbocycles. The first-order valence-electron chi connectivity index (χ1n) is 8.10. The molecule has 1 saturated heterocycles. The van der Waals surface area contributed by atoms with Crippen molar-refractivity contribution in [2.45, 2.75) is 0 Å². The van der Waals surface area contributed by atoms with Gasteiger partial charge in [-0.3, -0.25) is 9.62 Å². The van der Waals surface area contributed by atoms with Gasteiger partial charge in [-0.1, -0.05) is 0 Å². The van der Waals surface area contributed by atoms with E-state index in [2.05, 4.69) is 14.5 Å². The van der Waals surface area contributed by atoms with E-state index in [-0.39, 0.29) is 12.4 Å². The average molecular weight is 357 g/mol. The molecule has 8 heteroatoms. The monoisotopic (exact) mass is 357 g/mol. The molecule has 0 atom stereocenters. The van der Waals surface area contributed by atoms with Crippen molar-refractivity contribution in [2.75, 3.05) is 75.5 Å².